The minimum absolute atomic E-state index is 0.106. The number of halogens is 1. The number of hydrogen-bond donors (Lipinski definition) is 2. The summed E-state index contributed by atoms with van der Waals surface area (Å²) in [5, 5.41) is 9.27. The third kappa shape index (κ3) is 3.53. The monoisotopic (exact) mass is 332 g/mol. The van der Waals surface area contributed by atoms with E-state index < -0.39 is 0 Å². The molecule has 0 fully saturated rings. The van der Waals surface area contributed by atoms with E-state index in [4.69, 9.17) is 4.74 Å². The summed E-state index contributed by atoms with van der Waals surface area (Å²) in [6, 6.07) is 5.81. The highest BCUT2D eigenvalue weighted by atomic mass is 19.1. The largest absolute Gasteiger partial charge is 0.483 e. The number of nitrogens with one attached hydrogen (secondary N) is 2. The van der Waals surface area contributed by atoms with Gasteiger partial charge in [0.2, 0.25) is 0 Å². The second-order valence-corrected chi connectivity index (χ2v) is 5.55. The van der Waals surface area contributed by atoms with Crippen LogP contribution in [0.2, 0.25) is 0 Å². The number of nitrogens with zero attached hydrogens (tertiary/aromatic N) is 2. The molecule has 0 aliphatic carbocycles. The molecule has 0 atom stereocenters. The van der Waals surface area contributed by atoms with Crippen molar-refractivity contribution >= 4 is 11.8 Å². The average molecular weight is 332 g/mol. The Morgan fingerprint density at radius 1 is 1.46 bits per heavy atom. The summed E-state index contributed by atoms with van der Waals surface area (Å²) in [6.07, 6.45) is 0. The molecule has 1 aliphatic heterocycles. The van der Waals surface area contributed by atoms with Gasteiger partial charge in [0.25, 0.3) is 11.8 Å². The van der Waals surface area contributed by atoms with Gasteiger partial charge in [-0.25, -0.2) is 4.39 Å². The fraction of sp³-hybridized carbons (Fsp3) is 0.312. The third-order valence-electron chi connectivity index (χ3n) is 3.69. The average Bonchev–Trinajstić information content (AvgIpc) is 2.92. The lowest BCUT2D eigenvalue weighted by molar-refractivity contribution is -0.133. The zero-order chi connectivity index (χ0) is 17.1. The molecule has 7 nitrogen and oxygen atoms in total. The molecule has 24 heavy (non-hydrogen) atoms. The van der Waals surface area contributed by atoms with Crippen molar-refractivity contribution in [1.29, 1.82) is 0 Å². The molecule has 2 amide bonds. The quantitative estimate of drug-likeness (QED) is 0.875. The Morgan fingerprint density at radius 3 is 3.04 bits per heavy atom. The lowest BCUT2D eigenvalue weighted by atomic mass is 10.2. The second-order valence-electron chi connectivity index (χ2n) is 5.55. The Bertz CT molecular complexity index is 774. The number of carbonyl (C=O) groups is 2. The Hall–Kier alpha value is -2.90. The Balaban J connectivity index is 1.59. The van der Waals surface area contributed by atoms with Crippen molar-refractivity contribution in [3.63, 3.8) is 0 Å². The van der Waals surface area contributed by atoms with E-state index in [1.54, 1.807) is 13.0 Å². The van der Waals surface area contributed by atoms with Gasteiger partial charge in [0.05, 0.1) is 0 Å². The summed E-state index contributed by atoms with van der Waals surface area (Å²) in [7, 11) is 0. The molecule has 1 aliphatic rings. The van der Waals surface area contributed by atoms with E-state index >= 15 is 0 Å². The van der Waals surface area contributed by atoms with E-state index in [0.29, 0.717) is 23.6 Å². The van der Waals surface area contributed by atoms with Gasteiger partial charge in [-0.2, -0.15) is 5.10 Å². The fourth-order valence-electron chi connectivity index (χ4n) is 2.47. The van der Waals surface area contributed by atoms with Crippen LogP contribution in [0.3, 0.4) is 0 Å². The highest BCUT2D eigenvalue weighted by molar-refractivity contribution is 5.92. The van der Waals surface area contributed by atoms with Crippen molar-refractivity contribution in [2.24, 2.45) is 0 Å². The van der Waals surface area contributed by atoms with Gasteiger partial charge in [0.15, 0.2) is 6.61 Å². The van der Waals surface area contributed by atoms with E-state index in [-0.39, 0.29) is 37.3 Å². The maximum Gasteiger partial charge on any atom is 0.271 e. The van der Waals surface area contributed by atoms with Crippen LogP contribution in [0.15, 0.2) is 24.3 Å². The standard InChI is InChI=1S/C16H17FN4O3/c1-10-6-13(20-19-10)16(23)18-4-5-21-8-11-7-12(17)2-3-14(11)24-9-15(21)22/h2-3,6-7H,4-5,8-9H2,1H3,(H,18,23)(H,19,20). The van der Waals surface area contributed by atoms with E-state index in [0.717, 1.165) is 5.69 Å². The van der Waals surface area contributed by atoms with Crippen LogP contribution in [-0.2, 0) is 11.3 Å². The first-order chi connectivity index (χ1) is 11.5. The van der Waals surface area contributed by atoms with Crippen LogP contribution in [0, 0.1) is 12.7 Å². The third-order valence-corrected chi connectivity index (χ3v) is 3.69. The SMILES string of the molecule is Cc1cc(C(=O)NCCN2Cc3cc(F)ccc3OCC2=O)n[nH]1. The Kier molecular flexibility index (Phi) is 4.45. The van der Waals surface area contributed by atoms with Crippen LogP contribution in [0.1, 0.15) is 21.7 Å². The predicted octanol–water partition coefficient (Wildman–Crippen LogP) is 1.01. The molecule has 126 valence electrons. The van der Waals surface area contributed by atoms with Gasteiger partial charge in [-0.05, 0) is 31.2 Å². The summed E-state index contributed by atoms with van der Waals surface area (Å²) in [5.74, 6) is -0.405. The molecule has 0 radical (unpaired) electrons. The molecule has 1 aromatic heterocycles. The molecular weight excluding hydrogens is 315 g/mol. The van der Waals surface area contributed by atoms with Crippen LogP contribution in [-0.4, -0.2) is 46.6 Å². The van der Waals surface area contributed by atoms with Crippen molar-refractivity contribution in [3.8, 4) is 5.75 Å². The first-order valence-corrected chi connectivity index (χ1v) is 7.52. The van der Waals surface area contributed by atoms with Crippen molar-refractivity contribution in [3.05, 3.63) is 47.0 Å². The van der Waals surface area contributed by atoms with Gasteiger partial charge in [0.1, 0.15) is 17.3 Å². The number of ether oxygens (including phenoxy) is 1. The highest BCUT2D eigenvalue weighted by Gasteiger charge is 2.22. The molecule has 0 unspecified atom stereocenters. The summed E-state index contributed by atoms with van der Waals surface area (Å²) in [6.45, 7) is 2.50. The fourth-order valence-corrected chi connectivity index (χ4v) is 2.47. The molecular formula is C16H17FN4O3. The lowest BCUT2D eigenvalue weighted by Crippen LogP contribution is -2.39. The van der Waals surface area contributed by atoms with Crippen LogP contribution in [0.25, 0.3) is 0 Å². The lowest BCUT2D eigenvalue weighted by Gasteiger charge is -2.20. The number of aromatic amines is 1. The number of fused-ring (bicyclic) bond motifs is 1. The van der Waals surface area contributed by atoms with Crippen molar-refractivity contribution < 1.29 is 18.7 Å². The normalized spacial score (nSPS) is 13.9. The first-order valence-electron chi connectivity index (χ1n) is 7.52. The number of aryl methyl sites for hydroxylation is 1. The molecule has 0 bridgehead atoms. The second kappa shape index (κ2) is 6.69. The smallest absolute Gasteiger partial charge is 0.271 e. The number of H-pyrrole nitrogens is 1. The van der Waals surface area contributed by atoms with E-state index in [1.807, 2.05) is 0 Å². The van der Waals surface area contributed by atoms with E-state index in [2.05, 4.69) is 15.5 Å². The number of benzene rings is 1. The molecule has 1 aromatic carbocycles. The zero-order valence-electron chi connectivity index (χ0n) is 13.1. The molecule has 0 saturated carbocycles. The maximum absolute atomic E-state index is 13.4. The van der Waals surface area contributed by atoms with Gasteiger partial charge in [-0.3, -0.25) is 14.7 Å². The summed E-state index contributed by atoms with van der Waals surface area (Å²) in [5.41, 5.74) is 1.69. The molecule has 8 heteroatoms. The molecule has 2 heterocycles. The van der Waals surface area contributed by atoms with Crippen molar-refractivity contribution in [2.45, 2.75) is 13.5 Å². The van der Waals surface area contributed by atoms with Gasteiger partial charge in [-0.1, -0.05) is 0 Å². The van der Waals surface area contributed by atoms with Crippen LogP contribution in [0.4, 0.5) is 4.39 Å². The molecule has 3 rings (SSSR count). The minimum Gasteiger partial charge on any atom is -0.483 e. The topological polar surface area (TPSA) is 87.3 Å². The molecule has 0 spiro atoms. The van der Waals surface area contributed by atoms with Crippen LogP contribution in [0.5, 0.6) is 5.75 Å². The minimum atomic E-state index is -0.381. The van der Waals surface area contributed by atoms with Crippen molar-refractivity contribution in [2.75, 3.05) is 19.7 Å². The van der Waals surface area contributed by atoms with Crippen LogP contribution >= 0.6 is 0 Å². The summed E-state index contributed by atoms with van der Waals surface area (Å²) < 4.78 is 18.8. The zero-order valence-corrected chi connectivity index (χ0v) is 13.1. The van der Waals surface area contributed by atoms with E-state index in [9.17, 15) is 14.0 Å². The molecule has 0 saturated heterocycles. The molecule has 2 N–H and O–H groups in total. The van der Waals surface area contributed by atoms with Crippen molar-refractivity contribution in [1.82, 2.24) is 20.4 Å². The summed E-state index contributed by atoms with van der Waals surface area (Å²) >= 11 is 0. The van der Waals surface area contributed by atoms with E-state index in [1.165, 1.54) is 23.1 Å². The number of carbonyl (C=O) groups excluding carboxylic acids is 2. The van der Waals surface area contributed by atoms with Gasteiger partial charge >= 0.3 is 0 Å². The Labute approximate surface area is 137 Å². The Morgan fingerprint density at radius 2 is 2.29 bits per heavy atom. The number of aromatic nitrogens is 2. The van der Waals surface area contributed by atoms with Crippen LogP contribution < -0.4 is 10.1 Å². The van der Waals surface area contributed by atoms with Gasteiger partial charge < -0.3 is 15.0 Å². The van der Waals surface area contributed by atoms with Gasteiger partial charge in [0, 0.05) is 30.9 Å². The summed E-state index contributed by atoms with van der Waals surface area (Å²) in [4.78, 5) is 25.5. The number of hydrogen-bond acceptors (Lipinski definition) is 4. The first kappa shape index (κ1) is 16.0. The maximum atomic E-state index is 13.4. The number of rotatable bonds is 4. The molecule has 2 aromatic rings. The van der Waals surface area contributed by atoms with Gasteiger partial charge in [-0.15, -0.1) is 0 Å². The highest BCUT2D eigenvalue weighted by Crippen LogP contribution is 2.24. The predicted molar refractivity (Wildman–Crippen MR) is 83.0 cm³/mol. The number of amides is 2.